The lowest BCUT2D eigenvalue weighted by atomic mass is 10.2. The van der Waals surface area contributed by atoms with Crippen molar-refractivity contribution in [1.82, 2.24) is 10.3 Å². The van der Waals surface area contributed by atoms with Gasteiger partial charge in [-0.2, -0.15) is 0 Å². The Morgan fingerprint density at radius 1 is 1.15 bits per heavy atom. The van der Waals surface area contributed by atoms with Crippen LogP contribution < -0.4 is 10.2 Å². The number of carbonyl (C=O) groups is 1. The normalized spacial score (nSPS) is 12.1. The number of pyridine rings is 1. The number of benzene rings is 1. The molecule has 0 fully saturated rings. The van der Waals surface area contributed by atoms with Crippen LogP contribution in [0.4, 0.5) is 0 Å². The first-order valence-electron chi connectivity index (χ1n) is 8.44. The third-order valence-electron chi connectivity index (χ3n) is 4.02. The van der Waals surface area contributed by atoms with Crippen LogP contribution >= 0.6 is 11.8 Å². The van der Waals surface area contributed by atoms with E-state index in [-0.39, 0.29) is 11.9 Å². The highest BCUT2D eigenvalue weighted by atomic mass is 32.2. The molecule has 1 aromatic carbocycles. The van der Waals surface area contributed by atoms with Gasteiger partial charge in [0.25, 0.3) is 5.91 Å². The number of hydrogen-bond acceptors (Lipinski definition) is 4. The summed E-state index contributed by atoms with van der Waals surface area (Å²) in [5.41, 5.74) is 0.577. The monoisotopic (exact) mass is 368 g/mol. The molecular formula is C20H22N3O2S+. The molecule has 2 heterocycles. The number of carbonyl (C=O) groups excluding carboxylic acids is 1. The predicted molar refractivity (Wildman–Crippen MR) is 101 cm³/mol. The molecule has 2 N–H and O–H groups in total. The summed E-state index contributed by atoms with van der Waals surface area (Å²) in [6, 6.07) is 17.4. The second-order valence-corrected chi connectivity index (χ2v) is 7.19. The molecule has 1 atom stereocenters. The lowest BCUT2D eigenvalue weighted by molar-refractivity contribution is -0.891. The summed E-state index contributed by atoms with van der Waals surface area (Å²) < 4.78 is 5.51. The van der Waals surface area contributed by atoms with Crippen LogP contribution in [-0.2, 0) is 0 Å². The number of nitrogens with one attached hydrogen (secondary N) is 2. The SMILES string of the molecule is C[NH+](C)[C@H](CNC(=O)c1cccnc1Sc1ccccc1)c1ccco1. The molecule has 3 rings (SSSR count). The van der Waals surface area contributed by atoms with Gasteiger partial charge in [0, 0.05) is 11.1 Å². The van der Waals surface area contributed by atoms with Gasteiger partial charge < -0.3 is 14.6 Å². The summed E-state index contributed by atoms with van der Waals surface area (Å²) in [5, 5.41) is 3.72. The fourth-order valence-corrected chi connectivity index (χ4v) is 3.51. The van der Waals surface area contributed by atoms with Gasteiger partial charge in [-0.15, -0.1) is 0 Å². The maximum atomic E-state index is 12.7. The highest BCUT2D eigenvalue weighted by Gasteiger charge is 2.22. The van der Waals surface area contributed by atoms with Gasteiger partial charge in [0.15, 0.2) is 11.8 Å². The summed E-state index contributed by atoms with van der Waals surface area (Å²) >= 11 is 1.49. The second kappa shape index (κ2) is 8.69. The molecule has 0 spiro atoms. The van der Waals surface area contributed by atoms with Gasteiger partial charge in [0.05, 0.1) is 32.5 Å². The van der Waals surface area contributed by atoms with Gasteiger partial charge >= 0.3 is 0 Å². The molecule has 5 nitrogen and oxygen atoms in total. The number of furan rings is 1. The molecule has 0 aliphatic carbocycles. The average molecular weight is 368 g/mol. The smallest absolute Gasteiger partial charge is 0.254 e. The quantitative estimate of drug-likeness (QED) is 0.673. The van der Waals surface area contributed by atoms with Crippen molar-refractivity contribution in [3.05, 3.63) is 78.4 Å². The minimum absolute atomic E-state index is 0.0517. The molecule has 2 aromatic heterocycles. The first kappa shape index (κ1) is 18.2. The summed E-state index contributed by atoms with van der Waals surface area (Å²) in [5.74, 6) is 0.727. The van der Waals surface area contributed by atoms with Crippen LogP contribution in [0, 0.1) is 0 Å². The molecule has 0 unspecified atom stereocenters. The third-order valence-corrected chi connectivity index (χ3v) is 5.05. The minimum Gasteiger partial charge on any atom is -0.463 e. The Balaban J connectivity index is 1.72. The maximum Gasteiger partial charge on any atom is 0.254 e. The maximum absolute atomic E-state index is 12.7. The standard InChI is InChI=1S/C20H21N3O2S/c1-23(2)17(18-11-7-13-25-18)14-22-19(24)16-10-6-12-21-20(16)26-15-8-4-3-5-9-15/h3-13,17H,14H2,1-2H3,(H,22,24)/p+1/t17-/m1/s1. The molecule has 6 heteroatoms. The lowest BCUT2D eigenvalue weighted by Gasteiger charge is -2.20. The van der Waals surface area contributed by atoms with E-state index >= 15 is 0 Å². The van der Waals surface area contributed by atoms with E-state index in [9.17, 15) is 4.79 Å². The Bertz CT molecular complexity index is 835. The van der Waals surface area contributed by atoms with E-state index < -0.39 is 0 Å². The average Bonchev–Trinajstić information content (AvgIpc) is 3.17. The van der Waals surface area contributed by atoms with Crippen LogP contribution in [0.25, 0.3) is 0 Å². The van der Waals surface area contributed by atoms with E-state index in [2.05, 4.69) is 10.3 Å². The van der Waals surface area contributed by atoms with Crippen molar-refractivity contribution in [2.24, 2.45) is 0 Å². The summed E-state index contributed by atoms with van der Waals surface area (Å²) in [6.07, 6.45) is 3.36. The highest BCUT2D eigenvalue weighted by Crippen LogP contribution is 2.28. The van der Waals surface area contributed by atoms with E-state index in [0.717, 1.165) is 10.7 Å². The van der Waals surface area contributed by atoms with Gasteiger partial charge in [-0.25, -0.2) is 4.98 Å². The summed E-state index contributed by atoms with van der Waals surface area (Å²) in [7, 11) is 4.08. The zero-order valence-corrected chi connectivity index (χ0v) is 15.6. The Morgan fingerprint density at radius 3 is 2.65 bits per heavy atom. The predicted octanol–water partition coefficient (Wildman–Crippen LogP) is 2.44. The Morgan fingerprint density at radius 2 is 1.96 bits per heavy atom. The van der Waals surface area contributed by atoms with Crippen LogP contribution in [0.2, 0.25) is 0 Å². The molecule has 0 bridgehead atoms. The zero-order chi connectivity index (χ0) is 18.4. The Kier molecular flexibility index (Phi) is 6.09. The van der Waals surface area contributed by atoms with E-state index in [1.54, 1.807) is 24.6 Å². The van der Waals surface area contributed by atoms with Crippen LogP contribution in [0.5, 0.6) is 0 Å². The fourth-order valence-electron chi connectivity index (χ4n) is 2.61. The van der Waals surface area contributed by atoms with Crippen molar-refractivity contribution in [3.63, 3.8) is 0 Å². The first-order chi connectivity index (χ1) is 12.6. The van der Waals surface area contributed by atoms with Crippen LogP contribution in [0.1, 0.15) is 22.2 Å². The van der Waals surface area contributed by atoms with E-state index in [1.165, 1.54) is 16.7 Å². The number of likely N-dealkylation sites (N-methyl/N-ethyl adjacent to an activating group) is 1. The molecule has 0 aliphatic rings. The van der Waals surface area contributed by atoms with Gasteiger partial charge in [-0.1, -0.05) is 30.0 Å². The first-order valence-corrected chi connectivity index (χ1v) is 9.26. The third kappa shape index (κ3) is 4.53. The number of quaternary nitrogens is 1. The van der Waals surface area contributed by atoms with E-state index in [1.807, 2.05) is 56.6 Å². The molecule has 26 heavy (non-hydrogen) atoms. The topological polar surface area (TPSA) is 59.6 Å². The fraction of sp³-hybridized carbons (Fsp3) is 0.200. The van der Waals surface area contributed by atoms with Crippen molar-refractivity contribution in [1.29, 1.82) is 0 Å². The summed E-state index contributed by atoms with van der Waals surface area (Å²) in [6.45, 7) is 0.485. The molecule has 134 valence electrons. The number of rotatable bonds is 7. The van der Waals surface area contributed by atoms with Crippen LogP contribution in [0.15, 0.2) is 81.4 Å². The number of aromatic nitrogens is 1. The lowest BCUT2D eigenvalue weighted by Crippen LogP contribution is -3.07. The van der Waals surface area contributed by atoms with Crippen LogP contribution in [-0.4, -0.2) is 31.5 Å². The van der Waals surface area contributed by atoms with Gasteiger partial charge in [0.1, 0.15) is 5.03 Å². The van der Waals surface area contributed by atoms with Crippen molar-refractivity contribution in [2.75, 3.05) is 20.6 Å². The van der Waals surface area contributed by atoms with Crippen molar-refractivity contribution < 1.29 is 14.1 Å². The second-order valence-electron chi connectivity index (χ2n) is 6.13. The number of hydrogen-bond donors (Lipinski definition) is 2. The van der Waals surface area contributed by atoms with Gasteiger partial charge in [0.2, 0.25) is 0 Å². The molecule has 3 aromatic rings. The number of nitrogens with zero attached hydrogens (tertiary/aromatic N) is 1. The number of amides is 1. The van der Waals surface area contributed by atoms with Gasteiger partial charge in [-0.3, -0.25) is 4.79 Å². The molecule has 0 aliphatic heterocycles. The van der Waals surface area contributed by atoms with Gasteiger partial charge in [-0.05, 0) is 36.4 Å². The Hall–Kier alpha value is -2.57. The van der Waals surface area contributed by atoms with Crippen LogP contribution in [0.3, 0.4) is 0 Å². The van der Waals surface area contributed by atoms with E-state index in [0.29, 0.717) is 17.1 Å². The Labute approximate surface area is 157 Å². The molecule has 0 saturated heterocycles. The van der Waals surface area contributed by atoms with Crippen molar-refractivity contribution >= 4 is 17.7 Å². The molecular weight excluding hydrogens is 346 g/mol. The molecule has 1 amide bonds. The highest BCUT2D eigenvalue weighted by molar-refractivity contribution is 7.99. The molecule has 0 saturated carbocycles. The van der Waals surface area contributed by atoms with E-state index in [4.69, 9.17) is 4.42 Å². The molecule has 0 radical (unpaired) electrons. The van der Waals surface area contributed by atoms with Crippen molar-refractivity contribution in [3.8, 4) is 0 Å². The minimum atomic E-state index is -0.130. The largest absolute Gasteiger partial charge is 0.463 e. The van der Waals surface area contributed by atoms with Crippen molar-refractivity contribution in [2.45, 2.75) is 16.0 Å². The zero-order valence-electron chi connectivity index (χ0n) is 14.8. The summed E-state index contributed by atoms with van der Waals surface area (Å²) in [4.78, 5) is 19.4.